The van der Waals surface area contributed by atoms with Gasteiger partial charge in [-0.2, -0.15) is 0 Å². The fourth-order valence-corrected chi connectivity index (χ4v) is 2.71. The third kappa shape index (κ3) is 1.84. The van der Waals surface area contributed by atoms with Crippen LogP contribution in [0, 0.1) is 5.41 Å². The molecule has 1 saturated heterocycles. The van der Waals surface area contributed by atoms with E-state index in [0.29, 0.717) is 6.42 Å². The van der Waals surface area contributed by atoms with Gasteiger partial charge in [0.15, 0.2) is 11.9 Å². The number of Topliss-reactive ketones (excluding diaryl/α,β-unsaturated/α-hetero) is 1. The number of hydrogen-bond acceptors (Lipinski definition) is 3. The molecule has 2 unspecified atom stereocenters. The lowest BCUT2D eigenvalue weighted by atomic mass is 9.75. The number of ketones is 1. The van der Waals surface area contributed by atoms with E-state index in [1.165, 1.54) is 0 Å². The van der Waals surface area contributed by atoms with Crippen LogP contribution >= 0.6 is 0 Å². The van der Waals surface area contributed by atoms with Crippen LogP contribution in [0.25, 0.3) is 0 Å². The molecule has 0 spiro atoms. The molecule has 1 saturated carbocycles. The molecule has 17 heavy (non-hydrogen) atoms. The highest BCUT2D eigenvalue weighted by atomic mass is 16.8. The van der Waals surface area contributed by atoms with Crippen molar-refractivity contribution in [3.8, 4) is 5.75 Å². The fourth-order valence-electron chi connectivity index (χ4n) is 2.71. The number of benzene rings is 1. The Balaban J connectivity index is 1.82. The van der Waals surface area contributed by atoms with Crippen LogP contribution in [-0.4, -0.2) is 17.7 Å². The first-order valence-electron chi connectivity index (χ1n) is 5.95. The quantitative estimate of drug-likeness (QED) is 0.735. The number of carbonyl (C=O) groups is 1. The SMILES string of the molecule is CC1(C)CC(=O)C2OC2(Oc2ccccc2)C1. The molecule has 2 fully saturated rings. The molecule has 3 heteroatoms. The molecular formula is C14H16O3. The molecular weight excluding hydrogens is 216 g/mol. The second kappa shape index (κ2) is 3.33. The second-order valence-corrected chi connectivity index (χ2v) is 5.71. The maximum atomic E-state index is 11.8. The van der Waals surface area contributed by atoms with Crippen molar-refractivity contribution in [3.05, 3.63) is 30.3 Å². The second-order valence-electron chi connectivity index (χ2n) is 5.71. The highest BCUT2D eigenvalue weighted by Crippen LogP contribution is 2.53. The Kier molecular flexibility index (Phi) is 2.11. The van der Waals surface area contributed by atoms with E-state index in [0.717, 1.165) is 12.2 Å². The molecule has 1 aliphatic heterocycles. The zero-order valence-corrected chi connectivity index (χ0v) is 10.1. The molecule has 1 aromatic rings. The minimum Gasteiger partial charge on any atom is -0.459 e. The van der Waals surface area contributed by atoms with Gasteiger partial charge >= 0.3 is 0 Å². The highest BCUT2D eigenvalue weighted by molar-refractivity contribution is 5.88. The van der Waals surface area contributed by atoms with Crippen molar-refractivity contribution in [2.75, 3.05) is 0 Å². The third-order valence-corrected chi connectivity index (χ3v) is 3.36. The topological polar surface area (TPSA) is 38.8 Å². The Morgan fingerprint density at radius 3 is 2.71 bits per heavy atom. The maximum Gasteiger partial charge on any atom is 0.245 e. The van der Waals surface area contributed by atoms with Gasteiger partial charge in [-0.25, -0.2) is 0 Å². The average molecular weight is 232 g/mol. The van der Waals surface area contributed by atoms with Gasteiger partial charge in [-0.15, -0.1) is 0 Å². The van der Waals surface area contributed by atoms with Crippen molar-refractivity contribution >= 4 is 5.78 Å². The zero-order valence-electron chi connectivity index (χ0n) is 10.1. The van der Waals surface area contributed by atoms with Crippen LogP contribution in [0.2, 0.25) is 0 Å². The normalized spacial score (nSPS) is 34.0. The summed E-state index contributed by atoms with van der Waals surface area (Å²) in [5, 5.41) is 0. The number of epoxide rings is 1. The molecule has 0 N–H and O–H groups in total. The smallest absolute Gasteiger partial charge is 0.245 e. The number of hydrogen-bond donors (Lipinski definition) is 0. The predicted molar refractivity (Wildman–Crippen MR) is 62.7 cm³/mol. The first-order valence-corrected chi connectivity index (χ1v) is 5.95. The van der Waals surface area contributed by atoms with Crippen molar-refractivity contribution in [1.82, 2.24) is 0 Å². The van der Waals surface area contributed by atoms with Crippen LogP contribution in [0.15, 0.2) is 30.3 Å². The van der Waals surface area contributed by atoms with Crippen molar-refractivity contribution in [2.24, 2.45) is 5.41 Å². The fraction of sp³-hybridized carbons (Fsp3) is 0.500. The van der Waals surface area contributed by atoms with Gasteiger partial charge in [-0.1, -0.05) is 32.0 Å². The van der Waals surface area contributed by atoms with Crippen molar-refractivity contribution < 1.29 is 14.3 Å². The molecule has 1 aliphatic carbocycles. The van der Waals surface area contributed by atoms with Crippen molar-refractivity contribution in [1.29, 1.82) is 0 Å². The summed E-state index contributed by atoms with van der Waals surface area (Å²) in [7, 11) is 0. The molecule has 90 valence electrons. The van der Waals surface area contributed by atoms with Gasteiger partial charge in [0.25, 0.3) is 0 Å². The van der Waals surface area contributed by atoms with E-state index >= 15 is 0 Å². The first kappa shape index (κ1) is 10.8. The summed E-state index contributed by atoms with van der Waals surface area (Å²) in [6.07, 6.45) is 0.999. The van der Waals surface area contributed by atoms with E-state index in [1.807, 2.05) is 30.3 Å². The third-order valence-electron chi connectivity index (χ3n) is 3.36. The van der Waals surface area contributed by atoms with E-state index in [2.05, 4.69) is 13.8 Å². The lowest BCUT2D eigenvalue weighted by Crippen LogP contribution is -2.40. The summed E-state index contributed by atoms with van der Waals surface area (Å²) in [6, 6.07) is 9.54. The predicted octanol–water partition coefficient (Wildman–Crippen LogP) is 2.55. The van der Waals surface area contributed by atoms with Crippen LogP contribution in [0.4, 0.5) is 0 Å². The molecule has 0 aromatic heterocycles. The minimum absolute atomic E-state index is 0.0428. The minimum atomic E-state index is -0.694. The van der Waals surface area contributed by atoms with Crippen LogP contribution < -0.4 is 4.74 Å². The van der Waals surface area contributed by atoms with E-state index in [9.17, 15) is 4.79 Å². The van der Waals surface area contributed by atoms with Crippen LogP contribution in [0.5, 0.6) is 5.75 Å². The van der Waals surface area contributed by atoms with Crippen molar-refractivity contribution in [2.45, 2.75) is 38.6 Å². The Morgan fingerprint density at radius 2 is 2.00 bits per heavy atom. The monoisotopic (exact) mass is 232 g/mol. The summed E-state index contributed by atoms with van der Waals surface area (Å²) in [6.45, 7) is 4.16. The molecule has 2 atom stereocenters. The summed E-state index contributed by atoms with van der Waals surface area (Å²) >= 11 is 0. The Labute approximate surface area is 101 Å². The summed E-state index contributed by atoms with van der Waals surface area (Å²) in [4.78, 5) is 11.8. The largest absolute Gasteiger partial charge is 0.459 e. The van der Waals surface area contributed by atoms with E-state index < -0.39 is 5.79 Å². The molecule has 1 heterocycles. The molecule has 3 nitrogen and oxygen atoms in total. The zero-order chi connectivity index (χ0) is 12.1. The number of carbonyl (C=O) groups excluding carboxylic acids is 1. The van der Waals surface area contributed by atoms with Gasteiger partial charge < -0.3 is 9.47 Å². The number of para-hydroxylation sites is 1. The number of fused-ring (bicyclic) bond motifs is 1. The first-order chi connectivity index (χ1) is 8.01. The van der Waals surface area contributed by atoms with E-state index in [4.69, 9.17) is 9.47 Å². The van der Waals surface area contributed by atoms with Gasteiger partial charge in [-0.05, 0) is 17.5 Å². The van der Waals surface area contributed by atoms with Gasteiger partial charge in [0, 0.05) is 12.8 Å². The van der Waals surface area contributed by atoms with Crippen LogP contribution in [-0.2, 0) is 9.53 Å². The molecule has 3 rings (SSSR count). The molecule has 0 radical (unpaired) electrons. The molecule has 0 amide bonds. The average Bonchev–Trinajstić information content (AvgIpc) is 2.91. The van der Waals surface area contributed by atoms with Gasteiger partial charge in [0.2, 0.25) is 5.79 Å². The highest BCUT2D eigenvalue weighted by Gasteiger charge is 2.68. The lowest BCUT2D eigenvalue weighted by Gasteiger charge is -2.31. The van der Waals surface area contributed by atoms with Crippen molar-refractivity contribution in [3.63, 3.8) is 0 Å². The molecule has 2 aliphatic rings. The van der Waals surface area contributed by atoms with E-state index in [1.54, 1.807) is 0 Å². The van der Waals surface area contributed by atoms with Crippen LogP contribution in [0.3, 0.4) is 0 Å². The van der Waals surface area contributed by atoms with Crippen LogP contribution in [0.1, 0.15) is 26.7 Å². The standard InChI is InChI=1S/C14H16O3/c1-13(2)8-11(15)12-14(9-13,17-12)16-10-6-4-3-5-7-10/h3-7,12H,8-9H2,1-2H3. The molecule has 0 bridgehead atoms. The Bertz CT molecular complexity index is 452. The van der Waals surface area contributed by atoms with Gasteiger partial charge in [0.05, 0.1) is 0 Å². The summed E-state index contributed by atoms with van der Waals surface area (Å²) in [5.74, 6) is 0.234. The Morgan fingerprint density at radius 1 is 1.29 bits per heavy atom. The Hall–Kier alpha value is -1.35. The summed E-state index contributed by atoms with van der Waals surface area (Å²) < 4.78 is 11.4. The number of ether oxygens (including phenoxy) is 2. The number of rotatable bonds is 2. The maximum absolute atomic E-state index is 11.8. The lowest BCUT2D eigenvalue weighted by molar-refractivity contribution is -0.124. The van der Waals surface area contributed by atoms with Gasteiger partial charge in [-0.3, -0.25) is 4.79 Å². The molecule has 1 aromatic carbocycles. The van der Waals surface area contributed by atoms with E-state index in [-0.39, 0.29) is 17.3 Å². The summed E-state index contributed by atoms with van der Waals surface area (Å²) in [5.41, 5.74) is -0.0428. The van der Waals surface area contributed by atoms with Gasteiger partial charge in [0.1, 0.15) is 5.75 Å².